The average molecular weight is 537 g/mol. The van der Waals surface area contributed by atoms with Gasteiger partial charge in [-0.05, 0) is 6.92 Å². The third-order valence-corrected chi connectivity index (χ3v) is 6.37. The molecule has 1 amide bonds. The smallest absolute Gasteiger partial charge is 0.384 e. The molecule has 0 bridgehead atoms. The third-order valence-electron chi connectivity index (χ3n) is 6.37. The molecular formula is C22H27F3N10O3. The second kappa shape index (κ2) is 10.2. The number of alkyl halides is 3. The molecule has 3 N–H and O–H groups in total. The van der Waals surface area contributed by atoms with Crippen molar-refractivity contribution in [3.05, 3.63) is 12.4 Å². The minimum atomic E-state index is -4.55. The van der Waals surface area contributed by atoms with Crippen molar-refractivity contribution in [2.75, 3.05) is 68.0 Å². The summed E-state index contributed by atoms with van der Waals surface area (Å²) in [4.78, 5) is 39.0. The zero-order valence-electron chi connectivity index (χ0n) is 20.6. The molecule has 5 heterocycles. The number of aliphatic hydroxyl groups excluding tert-OH is 1. The zero-order valence-corrected chi connectivity index (χ0v) is 20.6. The molecule has 0 aliphatic carbocycles. The van der Waals surface area contributed by atoms with Crippen LogP contribution in [0.5, 0.6) is 0 Å². The molecule has 3 aromatic rings. The molecule has 0 saturated carbocycles. The molecule has 1 unspecified atom stereocenters. The number of carbonyl (C=O) groups excluding carboxylic acids is 1. The number of nitrogens with two attached hydrogens (primary N) is 1. The van der Waals surface area contributed by atoms with Gasteiger partial charge in [-0.3, -0.25) is 9.36 Å². The molecule has 3 aromatic heterocycles. The van der Waals surface area contributed by atoms with Crippen LogP contribution in [0.25, 0.3) is 22.6 Å². The Morgan fingerprint density at radius 3 is 2.32 bits per heavy atom. The van der Waals surface area contributed by atoms with Crippen molar-refractivity contribution < 1.29 is 27.8 Å². The number of imidazole rings is 1. The number of ether oxygens (including phenoxy) is 1. The van der Waals surface area contributed by atoms with Gasteiger partial charge in [0.1, 0.15) is 12.6 Å². The predicted octanol–water partition coefficient (Wildman–Crippen LogP) is 0.294. The summed E-state index contributed by atoms with van der Waals surface area (Å²) in [6.45, 7) is 2.82. The number of morpholine rings is 1. The predicted molar refractivity (Wildman–Crippen MR) is 130 cm³/mol. The number of rotatable bonds is 5. The van der Waals surface area contributed by atoms with E-state index in [1.807, 2.05) is 4.90 Å². The van der Waals surface area contributed by atoms with Gasteiger partial charge >= 0.3 is 6.18 Å². The molecule has 38 heavy (non-hydrogen) atoms. The van der Waals surface area contributed by atoms with Crippen LogP contribution in [0, 0.1) is 0 Å². The van der Waals surface area contributed by atoms with Crippen LogP contribution in [0.1, 0.15) is 6.92 Å². The number of amides is 1. The van der Waals surface area contributed by atoms with Crippen LogP contribution in [-0.2, 0) is 16.1 Å². The van der Waals surface area contributed by atoms with Crippen molar-refractivity contribution in [3.8, 4) is 11.4 Å². The number of hydrogen-bond donors (Lipinski definition) is 2. The summed E-state index contributed by atoms with van der Waals surface area (Å²) in [5.74, 6) is 0.220. The van der Waals surface area contributed by atoms with Crippen molar-refractivity contribution in [3.63, 3.8) is 0 Å². The van der Waals surface area contributed by atoms with Crippen LogP contribution in [0.4, 0.5) is 30.9 Å². The van der Waals surface area contributed by atoms with Crippen molar-refractivity contribution in [2.45, 2.75) is 25.7 Å². The quantitative estimate of drug-likeness (QED) is 0.463. The molecule has 5 rings (SSSR count). The molecule has 2 saturated heterocycles. The largest absolute Gasteiger partial charge is 0.406 e. The van der Waals surface area contributed by atoms with Gasteiger partial charge in [0.25, 0.3) is 5.91 Å². The minimum Gasteiger partial charge on any atom is -0.384 e. The molecular weight excluding hydrogens is 509 g/mol. The van der Waals surface area contributed by atoms with E-state index < -0.39 is 24.7 Å². The van der Waals surface area contributed by atoms with Crippen molar-refractivity contribution >= 4 is 34.8 Å². The lowest BCUT2D eigenvalue weighted by molar-refractivity contribution is -0.139. The molecule has 0 aromatic carbocycles. The van der Waals surface area contributed by atoms with Crippen LogP contribution in [0.2, 0.25) is 0 Å². The standard InChI is InChI=1S/C22H27F3N10O3/c1-13(36)19(37)33-2-4-34(5-3-33)21-29-15-17(32-6-8-38-9-7-32)30-16(14-10-27-20(26)28-11-14)31-18(15)35(21)12-22(23,24)25/h10-11,13,36H,2-9,12H2,1H3,(H2,26,27,28). The molecule has 1 atom stereocenters. The number of piperazine rings is 1. The SMILES string of the molecule is CC(O)C(=O)N1CCN(c2nc3c(N4CCOCC4)nc(-c4cnc(N)nc4)nc3n2CC(F)(F)F)CC1. The van der Waals surface area contributed by atoms with Crippen LogP contribution in [0.3, 0.4) is 0 Å². The second-order valence-corrected chi connectivity index (χ2v) is 9.07. The Morgan fingerprint density at radius 2 is 1.71 bits per heavy atom. The van der Waals surface area contributed by atoms with Crippen LogP contribution >= 0.6 is 0 Å². The molecule has 0 radical (unpaired) electrons. The maximum Gasteiger partial charge on any atom is 0.406 e. The summed E-state index contributed by atoms with van der Waals surface area (Å²) in [5, 5.41) is 9.62. The number of nitrogen functional groups attached to an aromatic ring is 1. The first-order valence-electron chi connectivity index (χ1n) is 12.1. The van der Waals surface area contributed by atoms with E-state index in [2.05, 4.69) is 24.9 Å². The fraction of sp³-hybridized carbons (Fsp3) is 0.545. The fourth-order valence-electron chi connectivity index (χ4n) is 4.51. The van der Waals surface area contributed by atoms with Gasteiger partial charge in [0.2, 0.25) is 11.9 Å². The van der Waals surface area contributed by atoms with E-state index in [4.69, 9.17) is 10.5 Å². The molecule has 204 valence electrons. The molecule has 0 spiro atoms. The van der Waals surface area contributed by atoms with E-state index in [0.29, 0.717) is 37.7 Å². The average Bonchev–Trinajstić information content (AvgIpc) is 3.25. The molecule has 16 heteroatoms. The number of aromatic nitrogens is 6. The Bertz CT molecular complexity index is 1300. The Morgan fingerprint density at radius 1 is 1.05 bits per heavy atom. The zero-order chi connectivity index (χ0) is 27.0. The van der Waals surface area contributed by atoms with E-state index in [1.165, 1.54) is 24.2 Å². The highest BCUT2D eigenvalue weighted by atomic mass is 19.4. The molecule has 2 aliphatic heterocycles. The summed E-state index contributed by atoms with van der Waals surface area (Å²) >= 11 is 0. The Hall–Kier alpha value is -3.79. The maximum atomic E-state index is 13.8. The van der Waals surface area contributed by atoms with E-state index >= 15 is 0 Å². The van der Waals surface area contributed by atoms with Gasteiger partial charge in [-0.15, -0.1) is 0 Å². The maximum absolute atomic E-state index is 13.8. The summed E-state index contributed by atoms with van der Waals surface area (Å²) in [6, 6.07) is 0. The monoisotopic (exact) mass is 536 g/mol. The highest BCUT2D eigenvalue weighted by Crippen LogP contribution is 2.33. The Kier molecular flexibility index (Phi) is 6.92. The number of halogens is 3. The summed E-state index contributed by atoms with van der Waals surface area (Å²) in [6.07, 6.45) is -2.88. The number of anilines is 3. The molecule has 2 aliphatic rings. The lowest BCUT2D eigenvalue weighted by Gasteiger charge is -2.36. The highest BCUT2D eigenvalue weighted by Gasteiger charge is 2.35. The van der Waals surface area contributed by atoms with Crippen LogP contribution in [-0.4, -0.2) is 110 Å². The van der Waals surface area contributed by atoms with Crippen molar-refractivity contribution in [1.29, 1.82) is 0 Å². The van der Waals surface area contributed by atoms with Gasteiger partial charge in [0.05, 0.1) is 18.8 Å². The number of hydrogen-bond acceptors (Lipinski definition) is 11. The van der Waals surface area contributed by atoms with Crippen LogP contribution in [0.15, 0.2) is 12.4 Å². The van der Waals surface area contributed by atoms with E-state index in [9.17, 15) is 23.1 Å². The van der Waals surface area contributed by atoms with Gasteiger partial charge in [-0.2, -0.15) is 13.2 Å². The van der Waals surface area contributed by atoms with E-state index in [1.54, 1.807) is 4.90 Å². The van der Waals surface area contributed by atoms with Gasteiger partial charge in [-0.1, -0.05) is 0 Å². The van der Waals surface area contributed by atoms with Gasteiger partial charge in [0.15, 0.2) is 22.8 Å². The molecule has 13 nitrogen and oxygen atoms in total. The minimum absolute atomic E-state index is 0.0168. The van der Waals surface area contributed by atoms with Crippen LogP contribution < -0.4 is 15.5 Å². The lowest BCUT2D eigenvalue weighted by atomic mass is 10.2. The fourth-order valence-corrected chi connectivity index (χ4v) is 4.51. The Balaban J connectivity index is 1.62. The number of aliphatic hydroxyl groups is 1. The van der Waals surface area contributed by atoms with E-state index in [-0.39, 0.29) is 55.1 Å². The summed E-state index contributed by atoms with van der Waals surface area (Å²) < 4.78 is 47.9. The van der Waals surface area contributed by atoms with Gasteiger partial charge < -0.3 is 30.3 Å². The van der Waals surface area contributed by atoms with Gasteiger partial charge in [-0.25, -0.2) is 24.9 Å². The normalized spacial score (nSPS) is 17.8. The lowest BCUT2D eigenvalue weighted by Crippen LogP contribution is -2.51. The first kappa shape index (κ1) is 25.8. The first-order chi connectivity index (χ1) is 18.1. The summed E-state index contributed by atoms with van der Waals surface area (Å²) in [5.41, 5.74) is 6.24. The number of carbonyl (C=O) groups is 1. The van der Waals surface area contributed by atoms with E-state index in [0.717, 1.165) is 4.57 Å². The number of nitrogens with zero attached hydrogens (tertiary/aromatic N) is 9. The highest BCUT2D eigenvalue weighted by molar-refractivity contribution is 5.88. The van der Waals surface area contributed by atoms with Crippen molar-refractivity contribution in [1.82, 2.24) is 34.4 Å². The Labute approximate surface area is 215 Å². The summed E-state index contributed by atoms with van der Waals surface area (Å²) in [7, 11) is 0. The van der Waals surface area contributed by atoms with Gasteiger partial charge in [0, 0.05) is 51.7 Å². The number of fused-ring (bicyclic) bond motifs is 1. The molecule has 2 fully saturated rings. The van der Waals surface area contributed by atoms with Crippen molar-refractivity contribution in [2.24, 2.45) is 0 Å². The topological polar surface area (TPSA) is 152 Å². The first-order valence-corrected chi connectivity index (χ1v) is 12.1. The second-order valence-electron chi connectivity index (χ2n) is 9.07. The third kappa shape index (κ3) is 5.26.